The first-order valence-electron chi connectivity index (χ1n) is 6.18. The molecule has 2 fully saturated rings. The van der Waals surface area contributed by atoms with Crippen LogP contribution in [0.5, 0.6) is 0 Å². The van der Waals surface area contributed by atoms with Crippen LogP contribution in [0.25, 0.3) is 0 Å². The van der Waals surface area contributed by atoms with Gasteiger partial charge in [0.2, 0.25) is 0 Å². The fourth-order valence-electron chi connectivity index (χ4n) is 3.06. The van der Waals surface area contributed by atoms with Crippen LogP contribution in [-0.2, 0) is 0 Å². The molecule has 2 saturated heterocycles. The first-order valence-corrected chi connectivity index (χ1v) is 6.18. The van der Waals surface area contributed by atoms with Crippen molar-refractivity contribution in [3.63, 3.8) is 0 Å². The van der Waals surface area contributed by atoms with Crippen LogP contribution in [0.3, 0.4) is 0 Å². The molecule has 0 aliphatic carbocycles. The Morgan fingerprint density at radius 1 is 0.933 bits per heavy atom. The smallest absolute Gasteiger partial charge is 0.116 e. The Morgan fingerprint density at radius 2 is 1.53 bits per heavy atom. The van der Waals surface area contributed by atoms with Crippen LogP contribution < -0.4 is 0 Å². The molecule has 88 valence electrons. The highest BCUT2D eigenvalue weighted by atomic mass is 19.1. The molecule has 2 rings (SSSR count). The summed E-state index contributed by atoms with van der Waals surface area (Å²) in [5, 5.41) is 0. The van der Waals surface area contributed by atoms with Gasteiger partial charge in [0, 0.05) is 6.54 Å². The van der Waals surface area contributed by atoms with Gasteiger partial charge in [-0.25, -0.2) is 4.39 Å². The van der Waals surface area contributed by atoms with Gasteiger partial charge in [-0.1, -0.05) is 0 Å². The molecule has 0 saturated carbocycles. The molecule has 0 amide bonds. The third-order valence-electron chi connectivity index (χ3n) is 4.16. The van der Waals surface area contributed by atoms with E-state index in [0.29, 0.717) is 18.4 Å². The molecule has 0 aromatic heterocycles. The maximum absolute atomic E-state index is 13.9. The van der Waals surface area contributed by atoms with Crippen LogP contribution in [0.4, 0.5) is 4.39 Å². The highest BCUT2D eigenvalue weighted by Gasteiger charge is 2.34. The Labute approximate surface area is 92.4 Å². The molecule has 15 heavy (non-hydrogen) atoms. The van der Waals surface area contributed by atoms with E-state index in [1.807, 2.05) is 7.05 Å². The zero-order valence-corrected chi connectivity index (χ0v) is 9.95. The van der Waals surface area contributed by atoms with Crippen molar-refractivity contribution in [3.05, 3.63) is 0 Å². The quantitative estimate of drug-likeness (QED) is 0.654. The number of alkyl halides is 1. The predicted molar refractivity (Wildman–Crippen MR) is 60.7 cm³/mol. The zero-order chi connectivity index (χ0) is 10.8. The highest BCUT2D eigenvalue weighted by molar-refractivity contribution is 4.86. The maximum Gasteiger partial charge on any atom is 0.116 e. The summed E-state index contributed by atoms with van der Waals surface area (Å²) in [4.78, 5) is 4.48. The molecular formula is C12H23FN2. The second-order valence-electron chi connectivity index (χ2n) is 5.37. The van der Waals surface area contributed by atoms with E-state index in [2.05, 4.69) is 16.8 Å². The number of hydrogen-bond donors (Lipinski definition) is 0. The summed E-state index contributed by atoms with van der Waals surface area (Å²) in [6, 6.07) is 0. The van der Waals surface area contributed by atoms with Gasteiger partial charge in [0.25, 0.3) is 0 Å². The largest absolute Gasteiger partial charge is 0.306 e. The minimum atomic E-state index is -0.586. The van der Waals surface area contributed by atoms with Crippen molar-refractivity contribution < 1.29 is 4.39 Å². The summed E-state index contributed by atoms with van der Waals surface area (Å²) in [7, 11) is 4.19. The molecule has 2 heterocycles. The van der Waals surface area contributed by atoms with Crippen LogP contribution in [0.15, 0.2) is 0 Å². The van der Waals surface area contributed by atoms with Gasteiger partial charge in [-0.05, 0) is 64.8 Å². The first kappa shape index (κ1) is 11.3. The Hall–Kier alpha value is -0.150. The molecule has 0 spiro atoms. The summed E-state index contributed by atoms with van der Waals surface area (Å²) in [6.07, 6.45) is 2.87. The zero-order valence-electron chi connectivity index (χ0n) is 9.95. The average Bonchev–Trinajstić information content (AvgIpc) is 2.20. The van der Waals surface area contributed by atoms with Crippen molar-refractivity contribution in [2.75, 3.05) is 40.3 Å². The van der Waals surface area contributed by atoms with Crippen molar-refractivity contribution >= 4 is 0 Å². The molecule has 2 unspecified atom stereocenters. The van der Waals surface area contributed by atoms with E-state index in [1.165, 1.54) is 12.8 Å². The molecular weight excluding hydrogens is 191 g/mol. The Kier molecular flexibility index (Phi) is 3.62. The van der Waals surface area contributed by atoms with Crippen LogP contribution in [0.2, 0.25) is 0 Å². The number of likely N-dealkylation sites (tertiary alicyclic amines) is 2. The topological polar surface area (TPSA) is 6.48 Å². The fraction of sp³-hybridized carbons (Fsp3) is 1.00. The third kappa shape index (κ3) is 2.70. The van der Waals surface area contributed by atoms with Crippen molar-refractivity contribution in [2.24, 2.45) is 11.8 Å². The predicted octanol–water partition coefficient (Wildman–Crippen LogP) is 1.62. The third-order valence-corrected chi connectivity index (χ3v) is 4.16. The molecule has 2 aliphatic rings. The van der Waals surface area contributed by atoms with Gasteiger partial charge in [0.05, 0.1) is 0 Å². The van der Waals surface area contributed by atoms with Gasteiger partial charge in [-0.3, -0.25) is 0 Å². The normalized spacial score (nSPS) is 37.0. The average molecular weight is 214 g/mol. The lowest BCUT2D eigenvalue weighted by Crippen LogP contribution is -2.45. The maximum atomic E-state index is 13.9. The van der Waals surface area contributed by atoms with Crippen molar-refractivity contribution in [3.8, 4) is 0 Å². The number of rotatable bonds is 1. The van der Waals surface area contributed by atoms with Gasteiger partial charge >= 0.3 is 0 Å². The first-order chi connectivity index (χ1) is 7.16. The fourth-order valence-corrected chi connectivity index (χ4v) is 3.06. The molecule has 0 radical (unpaired) electrons. The minimum Gasteiger partial charge on any atom is -0.306 e. The lowest BCUT2D eigenvalue weighted by Gasteiger charge is -2.40. The standard InChI is InChI=1S/C12H23FN2/c1-14-6-3-10(4-7-14)11-5-8-15(2)9-12(11)13/h10-12H,3-9H2,1-2H3. The second kappa shape index (κ2) is 4.79. The van der Waals surface area contributed by atoms with Gasteiger partial charge in [0.15, 0.2) is 0 Å². The minimum absolute atomic E-state index is 0.342. The lowest BCUT2D eigenvalue weighted by molar-refractivity contribution is 0.0421. The lowest BCUT2D eigenvalue weighted by atomic mass is 9.78. The van der Waals surface area contributed by atoms with E-state index < -0.39 is 6.17 Å². The van der Waals surface area contributed by atoms with Gasteiger partial charge < -0.3 is 9.80 Å². The van der Waals surface area contributed by atoms with Gasteiger partial charge in [-0.2, -0.15) is 0 Å². The molecule has 2 nitrogen and oxygen atoms in total. The van der Waals surface area contributed by atoms with Gasteiger partial charge in [-0.15, -0.1) is 0 Å². The van der Waals surface area contributed by atoms with Crippen LogP contribution in [0.1, 0.15) is 19.3 Å². The van der Waals surface area contributed by atoms with E-state index in [-0.39, 0.29) is 0 Å². The monoisotopic (exact) mass is 214 g/mol. The molecule has 2 atom stereocenters. The Morgan fingerprint density at radius 3 is 2.13 bits per heavy atom. The van der Waals surface area contributed by atoms with Crippen LogP contribution >= 0.6 is 0 Å². The summed E-state index contributed by atoms with van der Waals surface area (Å²) >= 11 is 0. The number of halogens is 1. The number of hydrogen-bond acceptors (Lipinski definition) is 2. The molecule has 0 aromatic carbocycles. The van der Waals surface area contributed by atoms with E-state index in [4.69, 9.17) is 0 Å². The molecule has 0 bridgehead atoms. The van der Waals surface area contributed by atoms with E-state index in [1.54, 1.807) is 0 Å². The number of piperidine rings is 2. The van der Waals surface area contributed by atoms with Crippen molar-refractivity contribution in [1.82, 2.24) is 9.80 Å². The Balaban J connectivity index is 1.87. The Bertz CT molecular complexity index is 202. The second-order valence-corrected chi connectivity index (χ2v) is 5.37. The molecule has 2 aliphatic heterocycles. The van der Waals surface area contributed by atoms with Gasteiger partial charge in [0.1, 0.15) is 6.17 Å². The van der Waals surface area contributed by atoms with E-state index in [0.717, 1.165) is 26.1 Å². The van der Waals surface area contributed by atoms with E-state index >= 15 is 0 Å². The molecule has 3 heteroatoms. The summed E-state index contributed by atoms with van der Waals surface area (Å²) in [5.41, 5.74) is 0. The molecule has 0 N–H and O–H groups in total. The molecule has 0 aromatic rings. The van der Waals surface area contributed by atoms with Crippen molar-refractivity contribution in [1.29, 1.82) is 0 Å². The summed E-state index contributed by atoms with van der Waals surface area (Å²) < 4.78 is 13.9. The number of nitrogens with zero attached hydrogens (tertiary/aromatic N) is 2. The van der Waals surface area contributed by atoms with Crippen molar-refractivity contribution in [2.45, 2.75) is 25.4 Å². The highest BCUT2D eigenvalue weighted by Crippen LogP contribution is 2.33. The van der Waals surface area contributed by atoms with E-state index in [9.17, 15) is 4.39 Å². The summed E-state index contributed by atoms with van der Waals surface area (Å²) in [5.74, 6) is 0.986. The SMILES string of the molecule is CN1CCC(C2CCN(C)CC2F)CC1. The van der Waals surface area contributed by atoms with Crippen LogP contribution in [0, 0.1) is 11.8 Å². The summed E-state index contributed by atoms with van der Waals surface area (Å²) in [6.45, 7) is 4.04. The van der Waals surface area contributed by atoms with Crippen LogP contribution in [-0.4, -0.2) is 56.2 Å².